The van der Waals surface area contributed by atoms with Crippen LogP contribution < -0.4 is 5.56 Å². The first kappa shape index (κ1) is 22.2. The van der Waals surface area contributed by atoms with Gasteiger partial charge in [0.15, 0.2) is 0 Å². The molecule has 0 bridgehead atoms. The van der Waals surface area contributed by atoms with Crippen LogP contribution in [-0.2, 0) is 0 Å². The lowest BCUT2D eigenvalue weighted by Crippen LogP contribution is -2.27. The first-order valence-electron chi connectivity index (χ1n) is 10.5. The van der Waals surface area contributed by atoms with Gasteiger partial charge in [-0.3, -0.25) is 9.89 Å². The minimum Gasteiger partial charge on any atom is -0.394 e. The van der Waals surface area contributed by atoms with E-state index in [1.54, 1.807) is 30.5 Å². The van der Waals surface area contributed by atoms with Crippen LogP contribution >= 0.6 is 15.9 Å². The first-order chi connectivity index (χ1) is 16.4. The number of aromatic amines is 1. The first-order valence-corrected chi connectivity index (χ1v) is 11.3. The largest absolute Gasteiger partial charge is 0.394 e. The maximum atomic E-state index is 13.9. The van der Waals surface area contributed by atoms with Gasteiger partial charge in [0.25, 0.3) is 5.56 Å². The summed E-state index contributed by atoms with van der Waals surface area (Å²) in [6.07, 6.45) is 1.60. The van der Waals surface area contributed by atoms with E-state index in [2.05, 4.69) is 26.1 Å². The van der Waals surface area contributed by atoms with Gasteiger partial charge in [0.05, 0.1) is 23.9 Å². The van der Waals surface area contributed by atoms with E-state index in [1.807, 2.05) is 18.2 Å². The van der Waals surface area contributed by atoms with Crippen molar-refractivity contribution in [1.82, 2.24) is 14.8 Å². The van der Waals surface area contributed by atoms with Crippen LogP contribution in [0, 0.1) is 11.6 Å². The fourth-order valence-electron chi connectivity index (χ4n) is 4.07. The van der Waals surface area contributed by atoms with Crippen molar-refractivity contribution in [1.29, 1.82) is 0 Å². The Balaban J connectivity index is 1.54. The lowest BCUT2D eigenvalue weighted by atomic mass is 10.0. The number of aromatic nitrogens is 3. The van der Waals surface area contributed by atoms with Gasteiger partial charge in [0.2, 0.25) is 0 Å². The van der Waals surface area contributed by atoms with Gasteiger partial charge in [-0.15, -0.1) is 0 Å². The number of aliphatic hydroxyl groups is 1. The zero-order chi connectivity index (χ0) is 23.8. The molecule has 5 rings (SSSR count). The summed E-state index contributed by atoms with van der Waals surface area (Å²) in [6, 6.07) is 18.6. The summed E-state index contributed by atoms with van der Waals surface area (Å²) in [5.74, 6) is -0.783. The quantitative estimate of drug-likeness (QED) is 0.312. The van der Waals surface area contributed by atoms with E-state index in [-0.39, 0.29) is 18.0 Å². The van der Waals surface area contributed by atoms with Gasteiger partial charge in [-0.1, -0.05) is 22.0 Å². The summed E-state index contributed by atoms with van der Waals surface area (Å²) in [5, 5.41) is 18.1. The SMILES string of the molecule is O=c1cc(-c2ccc3[nH]nc(-c4ccc(F)cc4)c3c2)ccn1[C@H](CO)c1cc(F)cc(Br)c1. The summed E-state index contributed by atoms with van der Waals surface area (Å²) in [4.78, 5) is 13.0. The lowest BCUT2D eigenvalue weighted by Gasteiger charge is -2.19. The highest BCUT2D eigenvalue weighted by Gasteiger charge is 2.17. The monoisotopic (exact) mass is 521 g/mol. The van der Waals surface area contributed by atoms with Gasteiger partial charge in [0.1, 0.15) is 11.6 Å². The summed E-state index contributed by atoms with van der Waals surface area (Å²) in [6.45, 7) is -0.364. The molecule has 1 atom stereocenters. The van der Waals surface area contributed by atoms with Gasteiger partial charge in [-0.2, -0.15) is 5.10 Å². The van der Waals surface area contributed by atoms with Crippen molar-refractivity contribution in [3.63, 3.8) is 0 Å². The van der Waals surface area contributed by atoms with Crippen LogP contribution in [0.1, 0.15) is 11.6 Å². The molecule has 0 spiro atoms. The third-order valence-electron chi connectivity index (χ3n) is 5.74. The fourth-order valence-corrected chi connectivity index (χ4v) is 4.55. The molecule has 0 radical (unpaired) electrons. The molecule has 170 valence electrons. The Morgan fingerprint density at radius 2 is 1.65 bits per heavy atom. The highest BCUT2D eigenvalue weighted by Crippen LogP contribution is 2.30. The molecule has 5 aromatic rings. The van der Waals surface area contributed by atoms with Crippen molar-refractivity contribution in [3.8, 4) is 22.4 Å². The molecular weight excluding hydrogens is 504 g/mol. The summed E-state index contributed by atoms with van der Waals surface area (Å²) in [7, 11) is 0. The van der Waals surface area contributed by atoms with E-state index < -0.39 is 11.9 Å². The Morgan fingerprint density at radius 1 is 0.912 bits per heavy atom. The van der Waals surface area contributed by atoms with Gasteiger partial charge in [-0.05, 0) is 77.4 Å². The Hall–Kier alpha value is -3.62. The molecule has 2 aromatic heterocycles. The van der Waals surface area contributed by atoms with Crippen molar-refractivity contribution in [3.05, 3.63) is 111 Å². The molecule has 2 heterocycles. The van der Waals surface area contributed by atoms with E-state index >= 15 is 0 Å². The second kappa shape index (κ2) is 8.96. The number of hydrogen-bond donors (Lipinski definition) is 2. The number of nitrogens with one attached hydrogen (secondary N) is 1. The standard InChI is InChI=1S/C26H18BrF2N3O2/c27-19-9-18(10-21(29)13-19)24(14-33)32-8-7-17(12-25(32)34)16-3-6-23-22(11-16)26(31-30-23)15-1-4-20(28)5-2-15/h1-13,24,33H,14H2,(H,30,31)/t24-/m1/s1. The van der Waals surface area contributed by atoms with Crippen LogP contribution in [0.25, 0.3) is 33.3 Å². The third kappa shape index (κ3) is 4.18. The molecule has 5 nitrogen and oxygen atoms in total. The number of fused-ring (bicyclic) bond motifs is 1. The summed E-state index contributed by atoms with van der Waals surface area (Å²) >= 11 is 3.25. The molecule has 34 heavy (non-hydrogen) atoms. The second-order valence-electron chi connectivity index (χ2n) is 7.90. The molecule has 0 unspecified atom stereocenters. The van der Waals surface area contributed by atoms with E-state index in [1.165, 1.54) is 34.9 Å². The van der Waals surface area contributed by atoms with Crippen molar-refractivity contribution < 1.29 is 13.9 Å². The number of hydrogen-bond acceptors (Lipinski definition) is 3. The van der Waals surface area contributed by atoms with Crippen molar-refractivity contribution in [2.45, 2.75) is 6.04 Å². The number of benzene rings is 3. The van der Waals surface area contributed by atoms with Gasteiger partial charge in [-0.25, -0.2) is 8.78 Å². The number of aliphatic hydroxyl groups excluding tert-OH is 1. The third-order valence-corrected chi connectivity index (χ3v) is 6.20. The average molecular weight is 522 g/mol. The zero-order valence-corrected chi connectivity index (χ0v) is 19.3. The predicted octanol–water partition coefficient (Wildman–Crippen LogP) is 5.68. The van der Waals surface area contributed by atoms with Gasteiger partial charge < -0.3 is 9.67 Å². The summed E-state index contributed by atoms with van der Waals surface area (Å²) < 4.78 is 29.1. The van der Waals surface area contributed by atoms with Crippen LogP contribution in [0.4, 0.5) is 8.78 Å². The molecule has 0 saturated heterocycles. The molecule has 0 amide bonds. The molecule has 0 aliphatic heterocycles. The van der Waals surface area contributed by atoms with Crippen LogP contribution in [0.3, 0.4) is 0 Å². The summed E-state index contributed by atoms with van der Waals surface area (Å²) in [5.41, 5.74) is 3.90. The maximum absolute atomic E-state index is 13.9. The van der Waals surface area contributed by atoms with E-state index in [0.717, 1.165) is 22.0 Å². The van der Waals surface area contributed by atoms with Gasteiger partial charge >= 0.3 is 0 Å². The maximum Gasteiger partial charge on any atom is 0.251 e. The Morgan fingerprint density at radius 3 is 2.35 bits per heavy atom. The molecule has 0 aliphatic rings. The highest BCUT2D eigenvalue weighted by atomic mass is 79.9. The molecule has 0 fully saturated rings. The predicted molar refractivity (Wildman–Crippen MR) is 131 cm³/mol. The van der Waals surface area contributed by atoms with Crippen molar-refractivity contribution >= 4 is 26.8 Å². The Labute approximate surface area is 201 Å². The number of rotatable bonds is 5. The molecule has 3 aromatic carbocycles. The van der Waals surface area contributed by atoms with E-state index in [9.17, 15) is 18.7 Å². The van der Waals surface area contributed by atoms with Gasteiger partial charge in [0, 0.05) is 27.7 Å². The van der Waals surface area contributed by atoms with Crippen LogP contribution in [0.5, 0.6) is 0 Å². The number of halogens is 3. The Bertz CT molecular complexity index is 1540. The second-order valence-corrected chi connectivity index (χ2v) is 8.82. The van der Waals surface area contributed by atoms with E-state index in [4.69, 9.17) is 0 Å². The van der Waals surface area contributed by atoms with Crippen LogP contribution in [0.2, 0.25) is 0 Å². The highest BCUT2D eigenvalue weighted by molar-refractivity contribution is 9.10. The number of pyridine rings is 1. The molecule has 8 heteroatoms. The minimum absolute atomic E-state index is 0.323. The average Bonchev–Trinajstić information content (AvgIpc) is 3.24. The normalized spacial score (nSPS) is 12.2. The molecule has 0 aliphatic carbocycles. The molecule has 0 saturated carbocycles. The zero-order valence-electron chi connectivity index (χ0n) is 17.7. The molecular formula is C26H18BrF2N3O2. The van der Waals surface area contributed by atoms with Crippen molar-refractivity contribution in [2.75, 3.05) is 6.61 Å². The fraction of sp³-hybridized carbons (Fsp3) is 0.0769. The van der Waals surface area contributed by atoms with E-state index in [0.29, 0.717) is 21.3 Å². The lowest BCUT2D eigenvalue weighted by molar-refractivity contribution is 0.246. The Kier molecular flexibility index (Phi) is 5.85. The van der Waals surface area contributed by atoms with Crippen LogP contribution in [0.15, 0.2) is 88.3 Å². The topological polar surface area (TPSA) is 70.9 Å². The smallest absolute Gasteiger partial charge is 0.251 e. The number of H-pyrrole nitrogens is 1. The minimum atomic E-state index is -0.727. The van der Waals surface area contributed by atoms with Crippen LogP contribution in [-0.4, -0.2) is 26.5 Å². The van der Waals surface area contributed by atoms with Crippen molar-refractivity contribution in [2.24, 2.45) is 0 Å². The molecule has 2 N–H and O–H groups in total. The number of nitrogens with zero attached hydrogens (tertiary/aromatic N) is 2.